The second-order valence-electron chi connectivity index (χ2n) is 6.32. The predicted molar refractivity (Wildman–Crippen MR) is 94.9 cm³/mol. The molecule has 1 aliphatic rings. The summed E-state index contributed by atoms with van der Waals surface area (Å²) in [5.74, 6) is -0.717. The zero-order valence-corrected chi connectivity index (χ0v) is 15.2. The summed E-state index contributed by atoms with van der Waals surface area (Å²) in [5.41, 5.74) is 5.97. The lowest BCUT2D eigenvalue weighted by atomic mass is 10.00. The van der Waals surface area contributed by atoms with Crippen LogP contribution in [0.15, 0.2) is 53.4 Å². The van der Waals surface area contributed by atoms with Crippen molar-refractivity contribution in [3.05, 3.63) is 64.9 Å². The lowest BCUT2D eigenvalue weighted by Gasteiger charge is -2.15. The van der Waals surface area contributed by atoms with Crippen molar-refractivity contribution in [2.75, 3.05) is 20.3 Å². The van der Waals surface area contributed by atoms with Gasteiger partial charge in [0.15, 0.2) is 9.84 Å². The van der Waals surface area contributed by atoms with Crippen LogP contribution in [0, 0.1) is 11.2 Å². The van der Waals surface area contributed by atoms with Gasteiger partial charge in [-0.2, -0.15) is 0 Å². The largest absolute Gasteiger partial charge is 0.384 e. The van der Waals surface area contributed by atoms with E-state index in [-0.39, 0.29) is 29.8 Å². The summed E-state index contributed by atoms with van der Waals surface area (Å²) in [6, 6.07) is 11.9. The van der Waals surface area contributed by atoms with E-state index in [0.717, 1.165) is 5.56 Å². The fourth-order valence-corrected chi connectivity index (χ4v) is 6.20. The van der Waals surface area contributed by atoms with Gasteiger partial charge in [0, 0.05) is 30.0 Å². The average molecular weight is 384 g/mol. The molecule has 0 saturated heterocycles. The van der Waals surface area contributed by atoms with Gasteiger partial charge in [-0.25, -0.2) is 12.8 Å². The third kappa shape index (κ3) is 3.08. The first-order valence-corrected chi connectivity index (χ1v) is 9.73. The lowest BCUT2D eigenvalue weighted by Crippen LogP contribution is -2.28. The van der Waals surface area contributed by atoms with Gasteiger partial charge in [0.1, 0.15) is 5.82 Å². The SMILES string of the molecule is COC[C@@]1(CN)[C@H](S(=O)(=O)c2ccc(Cl)cc2)[C@@H]1c1ccc(F)cc1. The second-order valence-corrected chi connectivity index (χ2v) is 8.82. The third-order valence-electron chi connectivity index (χ3n) is 4.88. The lowest BCUT2D eigenvalue weighted by molar-refractivity contribution is 0.142. The van der Waals surface area contributed by atoms with Crippen molar-refractivity contribution in [2.45, 2.75) is 16.1 Å². The van der Waals surface area contributed by atoms with E-state index in [1.54, 1.807) is 24.3 Å². The minimum absolute atomic E-state index is 0.153. The van der Waals surface area contributed by atoms with E-state index in [4.69, 9.17) is 22.1 Å². The summed E-state index contributed by atoms with van der Waals surface area (Å²) in [5, 5.41) is -0.261. The van der Waals surface area contributed by atoms with Crippen LogP contribution in [-0.4, -0.2) is 33.9 Å². The molecule has 0 bridgehead atoms. The van der Waals surface area contributed by atoms with Crippen LogP contribution < -0.4 is 5.73 Å². The van der Waals surface area contributed by atoms with E-state index in [0.29, 0.717) is 5.02 Å². The van der Waals surface area contributed by atoms with Crippen molar-refractivity contribution in [1.29, 1.82) is 0 Å². The molecule has 134 valence electrons. The Morgan fingerprint density at radius 1 is 1.16 bits per heavy atom. The molecule has 7 heteroatoms. The zero-order valence-electron chi connectivity index (χ0n) is 13.7. The number of rotatable bonds is 6. The number of methoxy groups -OCH3 is 1. The number of benzene rings is 2. The monoisotopic (exact) mass is 383 g/mol. The number of ether oxygens (including phenoxy) is 1. The molecule has 25 heavy (non-hydrogen) atoms. The number of hydrogen-bond acceptors (Lipinski definition) is 4. The molecule has 0 unspecified atom stereocenters. The standard InChI is InChI=1S/C18H19ClFNO3S/c1-24-11-18(10-21)16(12-2-6-14(20)7-3-12)17(18)25(22,23)15-8-4-13(19)5-9-15/h2-9,16-17H,10-11,21H2,1H3/t16-,17+,18+/m0/s1. The van der Waals surface area contributed by atoms with E-state index in [2.05, 4.69) is 0 Å². The molecule has 2 N–H and O–H groups in total. The number of sulfone groups is 1. The smallest absolute Gasteiger partial charge is 0.182 e. The third-order valence-corrected chi connectivity index (χ3v) is 7.47. The maximum Gasteiger partial charge on any atom is 0.182 e. The number of nitrogens with two attached hydrogens (primary N) is 1. The molecule has 3 rings (SSSR count). The highest BCUT2D eigenvalue weighted by Gasteiger charge is 2.70. The number of halogens is 2. The molecule has 4 nitrogen and oxygen atoms in total. The van der Waals surface area contributed by atoms with Gasteiger partial charge in [-0.3, -0.25) is 0 Å². The Bertz CT molecular complexity index is 855. The molecule has 2 aromatic rings. The van der Waals surface area contributed by atoms with Crippen molar-refractivity contribution in [3.63, 3.8) is 0 Å². The van der Waals surface area contributed by atoms with Crippen LogP contribution in [0.3, 0.4) is 0 Å². The minimum Gasteiger partial charge on any atom is -0.384 e. The molecule has 3 atom stereocenters. The first-order valence-electron chi connectivity index (χ1n) is 7.81. The number of hydrogen-bond donors (Lipinski definition) is 1. The van der Waals surface area contributed by atoms with Gasteiger partial charge >= 0.3 is 0 Å². The van der Waals surface area contributed by atoms with Gasteiger partial charge in [0.05, 0.1) is 16.8 Å². The summed E-state index contributed by atoms with van der Waals surface area (Å²) in [7, 11) is -2.13. The Balaban J connectivity index is 2.05. The average Bonchev–Trinajstić information content (AvgIpc) is 3.26. The Morgan fingerprint density at radius 2 is 1.76 bits per heavy atom. The maximum atomic E-state index is 13.2. The van der Waals surface area contributed by atoms with Gasteiger partial charge in [0.25, 0.3) is 0 Å². The van der Waals surface area contributed by atoms with Crippen molar-refractivity contribution in [3.8, 4) is 0 Å². The van der Waals surface area contributed by atoms with E-state index in [9.17, 15) is 12.8 Å². The predicted octanol–water partition coefficient (Wildman–Crippen LogP) is 3.01. The Morgan fingerprint density at radius 3 is 2.28 bits per heavy atom. The Kier molecular flexibility index (Phi) is 4.90. The summed E-state index contributed by atoms with van der Waals surface area (Å²) in [4.78, 5) is 0.195. The molecule has 2 aromatic carbocycles. The van der Waals surface area contributed by atoms with E-state index in [1.165, 1.54) is 31.4 Å². The Labute approximate surface area is 151 Å². The molecule has 1 aliphatic carbocycles. The van der Waals surface area contributed by atoms with E-state index in [1.807, 2.05) is 0 Å². The first kappa shape index (κ1) is 18.3. The van der Waals surface area contributed by atoms with Gasteiger partial charge in [-0.15, -0.1) is 0 Å². The summed E-state index contributed by atoms with van der Waals surface area (Å²) in [6.45, 7) is 0.364. The van der Waals surface area contributed by atoms with Crippen molar-refractivity contribution >= 4 is 21.4 Å². The first-order chi connectivity index (χ1) is 11.9. The highest BCUT2D eigenvalue weighted by Crippen LogP contribution is 2.63. The molecular weight excluding hydrogens is 365 g/mol. The fourth-order valence-electron chi connectivity index (χ4n) is 3.63. The zero-order chi connectivity index (χ0) is 18.2. The van der Waals surface area contributed by atoms with Crippen LogP contribution in [0.25, 0.3) is 0 Å². The van der Waals surface area contributed by atoms with E-state index >= 15 is 0 Å². The highest BCUT2D eigenvalue weighted by atomic mass is 35.5. The highest BCUT2D eigenvalue weighted by molar-refractivity contribution is 7.92. The summed E-state index contributed by atoms with van der Waals surface area (Å²) < 4.78 is 44.9. The quantitative estimate of drug-likeness (QED) is 0.832. The maximum absolute atomic E-state index is 13.2. The topological polar surface area (TPSA) is 69.4 Å². The van der Waals surface area contributed by atoms with Crippen LogP contribution in [0.2, 0.25) is 5.02 Å². The van der Waals surface area contributed by atoms with Gasteiger partial charge in [-0.1, -0.05) is 23.7 Å². The van der Waals surface area contributed by atoms with Crippen LogP contribution >= 0.6 is 11.6 Å². The minimum atomic E-state index is -3.64. The summed E-state index contributed by atoms with van der Waals surface area (Å²) in [6.07, 6.45) is 0. The summed E-state index contributed by atoms with van der Waals surface area (Å²) >= 11 is 5.86. The van der Waals surface area contributed by atoms with Crippen LogP contribution in [0.5, 0.6) is 0 Å². The molecule has 0 spiro atoms. The van der Waals surface area contributed by atoms with Gasteiger partial charge in [-0.05, 0) is 42.0 Å². The Hall–Kier alpha value is -1.47. The van der Waals surface area contributed by atoms with Gasteiger partial charge < -0.3 is 10.5 Å². The molecule has 0 heterocycles. The van der Waals surface area contributed by atoms with Crippen LogP contribution in [-0.2, 0) is 14.6 Å². The van der Waals surface area contributed by atoms with Crippen molar-refractivity contribution in [2.24, 2.45) is 11.1 Å². The molecule has 0 aromatic heterocycles. The second kappa shape index (κ2) is 6.68. The molecule has 0 radical (unpaired) electrons. The molecule has 1 fully saturated rings. The van der Waals surface area contributed by atoms with Crippen molar-refractivity contribution in [1.82, 2.24) is 0 Å². The fraction of sp³-hybridized carbons (Fsp3) is 0.333. The van der Waals surface area contributed by atoms with Crippen molar-refractivity contribution < 1.29 is 17.5 Å². The van der Waals surface area contributed by atoms with Gasteiger partial charge in [0.2, 0.25) is 0 Å². The molecule has 0 amide bonds. The normalized spacial score (nSPS) is 25.8. The van der Waals surface area contributed by atoms with E-state index < -0.39 is 20.5 Å². The van der Waals surface area contributed by atoms with Crippen LogP contribution in [0.1, 0.15) is 11.5 Å². The molecular formula is C18H19ClFNO3S. The molecule has 1 saturated carbocycles. The molecule has 0 aliphatic heterocycles. The van der Waals surface area contributed by atoms with Crippen LogP contribution in [0.4, 0.5) is 4.39 Å².